The van der Waals surface area contributed by atoms with Crippen molar-refractivity contribution < 1.29 is 0 Å². The summed E-state index contributed by atoms with van der Waals surface area (Å²) in [4.78, 5) is 17.3. The fourth-order valence-corrected chi connectivity index (χ4v) is 4.72. The minimum absolute atomic E-state index is 0. The van der Waals surface area contributed by atoms with Crippen LogP contribution < -0.4 is 10.9 Å². The molecule has 4 aromatic rings. The highest BCUT2D eigenvalue weighted by molar-refractivity contribution is 7.26. The van der Waals surface area contributed by atoms with Crippen molar-refractivity contribution in [2.45, 2.75) is 0 Å². The quantitative estimate of drug-likeness (QED) is 0.556. The highest BCUT2D eigenvalue weighted by atomic mass is 35.5. The minimum atomic E-state index is 0. The van der Waals surface area contributed by atoms with Crippen LogP contribution in [0.15, 0.2) is 52.3 Å². The molecule has 0 unspecified atom stereocenters. The number of hydrogen-bond donors (Lipinski definition) is 1. The maximum Gasteiger partial charge on any atom is 0.268 e. The van der Waals surface area contributed by atoms with E-state index in [1.807, 2.05) is 25.2 Å². The van der Waals surface area contributed by atoms with Gasteiger partial charge in [0.2, 0.25) is 0 Å². The molecule has 126 valence electrons. The number of aromatic nitrogens is 1. The smallest absolute Gasteiger partial charge is 0.268 e. The van der Waals surface area contributed by atoms with Gasteiger partial charge in [0.25, 0.3) is 5.56 Å². The van der Waals surface area contributed by atoms with E-state index in [-0.39, 0.29) is 18.0 Å². The molecule has 0 spiro atoms. The Kier molecular flexibility index (Phi) is 3.78. The molecule has 0 bridgehead atoms. The van der Waals surface area contributed by atoms with E-state index in [4.69, 9.17) is 0 Å². The molecule has 0 saturated heterocycles. The molecule has 2 aromatic carbocycles. The Balaban J connectivity index is 0.00000157. The van der Waals surface area contributed by atoms with Crippen LogP contribution in [0.3, 0.4) is 0 Å². The summed E-state index contributed by atoms with van der Waals surface area (Å²) in [5.74, 6) is 0.951. The topological polar surface area (TPSA) is 46.4 Å². The molecule has 0 aliphatic carbocycles. The molecular formula is C19H16ClN3OS. The Morgan fingerprint density at radius 3 is 2.80 bits per heavy atom. The average molecular weight is 370 g/mol. The van der Waals surface area contributed by atoms with Crippen LogP contribution in [0.5, 0.6) is 0 Å². The van der Waals surface area contributed by atoms with Crippen LogP contribution >= 0.6 is 23.7 Å². The van der Waals surface area contributed by atoms with Gasteiger partial charge in [-0.05, 0) is 12.1 Å². The SMILES string of the molecule is Cl.Cn1c(=O)c2sc3cc(C4=NCCN4)ccc3c2c2ccccc21. The third kappa shape index (κ3) is 2.27. The molecule has 1 aliphatic heterocycles. The lowest BCUT2D eigenvalue weighted by atomic mass is 10.1. The molecule has 4 nitrogen and oxygen atoms in total. The number of aliphatic imine (C=N–C) groups is 1. The summed E-state index contributed by atoms with van der Waals surface area (Å²) in [6.45, 7) is 1.72. The number of rotatable bonds is 1. The zero-order valence-electron chi connectivity index (χ0n) is 13.6. The fraction of sp³-hybridized carbons (Fsp3) is 0.158. The Hall–Kier alpha value is -2.37. The van der Waals surface area contributed by atoms with E-state index in [2.05, 4.69) is 34.6 Å². The van der Waals surface area contributed by atoms with Gasteiger partial charge in [0.05, 0.1) is 12.1 Å². The first-order valence-corrected chi connectivity index (χ1v) is 8.78. The van der Waals surface area contributed by atoms with Crippen molar-refractivity contribution in [2.75, 3.05) is 13.1 Å². The molecule has 0 atom stereocenters. The van der Waals surface area contributed by atoms with E-state index in [1.165, 1.54) is 0 Å². The zero-order valence-corrected chi connectivity index (χ0v) is 15.2. The van der Waals surface area contributed by atoms with Gasteiger partial charge in [-0.15, -0.1) is 23.7 Å². The molecule has 6 heteroatoms. The van der Waals surface area contributed by atoms with Gasteiger partial charge in [-0.3, -0.25) is 9.79 Å². The van der Waals surface area contributed by atoms with Crippen LogP contribution in [-0.4, -0.2) is 23.5 Å². The number of halogens is 1. The number of nitrogens with zero attached hydrogens (tertiary/aromatic N) is 2. The zero-order chi connectivity index (χ0) is 16.3. The van der Waals surface area contributed by atoms with Crippen LogP contribution in [0.2, 0.25) is 0 Å². The number of pyridine rings is 1. The second-order valence-corrected chi connectivity index (χ2v) is 7.11. The van der Waals surface area contributed by atoms with Crippen molar-refractivity contribution in [3.63, 3.8) is 0 Å². The van der Waals surface area contributed by atoms with E-state index >= 15 is 0 Å². The Morgan fingerprint density at radius 2 is 2.00 bits per heavy atom. The normalized spacial score (nSPS) is 13.9. The Bertz CT molecular complexity index is 1220. The number of hydrogen-bond acceptors (Lipinski definition) is 4. The second kappa shape index (κ2) is 5.86. The first-order chi connectivity index (χ1) is 11.7. The van der Waals surface area contributed by atoms with Crippen molar-refractivity contribution in [1.29, 1.82) is 0 Å². The fourth-order valence-electron chi connectivity index (χ4n) is 3.49. The summed E-state index contributed by atoms with van der Waals surface area (Å²) >= 11 is 1.57. The standard InChI is InChI=1S/C19H15N3OS.ClH/c1-22-14-5-3-2-4-12(14)16-13-7-6-11(18-20-8-9-21-18)10-15(13)24-17(16)19(22)23;/h2-7,10H,8-9H2,1H3,(H,20,21);1H. The van der Waals surface area contributed by atoms with Gasteiger partial charge in [0.1, 0.15) is 10.5 Å². The van der Waals surface area contributed by atoms with Gasteiger partial charge in [0, 0.05) is 40.0 Å². The summed E-state index contributed by atoms with van der Waals surface area (Å²) in [6, 6.07) is 14.5. The lowest BCUT2D eigenvalue weighted by molar-refractivity contribution is 0.921. The van der Waals surface area contributed by atoms with Crippen LogP contribution in [0.1, 0.15) is 5.56 Å². The summed E-state index contributed by atoms with van der Waals surface area (Å²) in [5, 5.41) is 6.66. The summed E-state index contributed by atoms with van der Waals surface area (Å²) in [5.41, 5.74) is 2.14. The third-order valence-electron chi connectivity index (χ3n) is 4.67. The molecule has 0 amide bonds. The largest absolute Gasteiger partial charge is 0.368 e. The lowest BCUT2D eigenvalue weighted by Crippen LogP contribution is -2.19. The number of thiophene rings is 1. The predicted octanol–water partition coefficient (Wildman–Crippen LogP) is 3.68. The average Bonchev–Trinajstić information content (AvgIpc) is 3.26. The summed E-state index contributed by atoms with van der Waals surface area (Å²) in [6.07, 6.45) is 0. The van der Waals surface area contributed by atoms with Gasteiger partial charge in [-0.25, -0.2) is 0 Å². The van der Waals surface area contributed by atoms with Gasteiger partial charge < -0.3 is 9.88 Å². The van der Waals surface area contributed by atoms with Crippen molar-refractivity contribution in [1.82, 2.24) is 9.88 Å². The molecule has 3 heterocycles. The number of para-hydroxylation sites is 1. The van der Waals surface area contributed by atoms with E-state index in [0.717, 1.165) is 55.6 Å². The predicted molar refractivity (Wildman–Crippen MR) is 109 cm³/mol. The first-order valence-electron chi connectivity index (χ1n) is 7.97. The number of amidine groups is 1. The maximum absolute atomic E-state index is 12.8. The van der Waals surface area contributed by atoms with Crippen LogP contribution in [0.4, 0.5) is 0 Å². The molecular weight excluding hydrogens is 354 g/mol. The van der Waals surface area contributed by atoms with Crippen LogP contribution in [0.25, 0.3) is 31.1 Å². The number of aryl methyl sites for hydroxylation is 1. The molecule has 5 rings (SSSR count). The second-order valence-electron chi connectivity index (χ2n) is 6.06. The highest BCUT2D eigenvalue weighted by Gasteiger charge is 2.16. The Labute approximate surface area is 154 Å². The van der Waals surface area contributed by atoms with E-state index in [9.17, 15) is 4.79 Å². The highest BCUT2D eigenvalue weighted by Crippen LogP contribution is 2.36. The Morgan fingerprint density at radius 1 is 1.16 bits per heavy atom. The molecule has 1 N–H and O–H groups in total. The lowest BCUT2D eigenvalue weighted by Gasteiger charge is -2.06. The van der Waals surface area contributed by atoms with E-state index in [1.54, 1.807) is 15.9 Å². The van der Waals surface area contributed by atoms with Crippen molar-refractivity contribution >= 4 is 60.7 Å². The summed E-state index contributed by atoms with van der Waals surface area (Å²) < 4.78 is 3.70. The molecule has 2 aromatic heterocycles. The van der Waals surface area contributed by atoms with Gasteiger partial charge in [-0.1, -0.05) is 30.3 Å². The maximum atomic E-state index is 12.8. The van der Waals surface area contributed by atoms with Gasteiger partial charge >= 0.3 is 0 Å². The minimum Gasteiger partial charge on any atom is -0.368 e. The van der Waals surface area contributed by atoms with E-state index in [0.29, 0.717) is 0 Å². The van der Waals surface area contributed by atoms with Gasteiger partial charge in [-0.2, -0.15) is 0 Å². The molecule has 0 saturated carbocycles. The summed E-state index contributed by atoms with van der Waals surface area (Å²) in [7, 11) is 1.84. The number of fused-ring (bicyclic) bond motifs is 5. The van der Waals surface area contributed by atoms with Crippen molar-refractivity contribution in [2.24, 2.45) is 12.0 Å². The third-order valence-corrected chi connectivity index (χ3v) is 5.81. The number of nitrogens with one attached hydrogen (secondary N) is 1. The monoisotopic (exact) mass is 369 g/mol. The first kappa shape index (κ1) is 16.1. The number of benzene rings is 2. The molecule has 0 fully saturated rings. The van der Waals surface area contributed by atoms with Gasteiger partial charge in [0.15, 0.2) is 0 Å². The molecule has 25 heavy (non-hydrogen) atoms. The van der Waals surface area contributed by atoms with E-state index < -0.39 is 0 Å². The van der Waals surface area contributed by atoms with Crippen molar-refractivity contribution in [3.8, 4) is 0 Å². The van der Waals surface area contributed by atoms with Crippen LogP contribution in [-0.2, 0) is 7.05 Å². The van der Waals surface area contributed by atoms with Crippen molar-refractivity contribution in [3.05, 3.63) is 58.4 Å². The van der Waals surface area contributed by atoms with Crippen LogP contribution in [0, 0.1) is 0 Å². The molecule has 0 radical (unpaired) electrons. The molecule has 1 aliphatic rings.